The maximum absolute atomic E-state index is 12.6. The third kappa shape index (κ3) is 5.75. The summed E-state index contributed by atoms with van der Waals surface area (Å²) < 4.78 is 5.71. The Morgan fingerprint density at radius 3 is 2.37 bits per heavy atom. The molecule has 0 aromatic heterocycles. The fraction of sp³-hybridized carbons (Fsp3) is 0.417. The minimum atomic E-state index is -0.163. The Labute approximate surface area is 178 Å². The molecule has 1 heterocycles. The van der Waals surface area contributed by atoms with Crippen LogP contribution in [-0.4, -0.2) is 49.5 Å². The van der Waals surface area contributed by atoms with Gasteiger partial charge in [-0.25, -0.2) is 0 Å². The van der Waals surface area contributed by atoms with Crippen molar-refractivity contribution in [3.8, 4) is 5.75 Å². The summed E-state index contributed by atoms with van der Waals surface area (Å²) in [5.74, 6) is 1.18. The number of hydrogen-bond acceptors (Lipinski definition) is 4. The molecular formula is C24H31N3O3. The lowest BCUT2D eigenvalue weighted by molar-refractivity contribution is -0.131. The van der Waals surface area contributed by atoms with Gasteiger partial charge in [0.1, 0.15) is 5.75 Å². The van der Waals surface area contributed by atoms with Crippen LogP contribution < -0.4 is 15.0 Å². The van der Waals surface area contributed by atoms with Crippen LogP contribution in [0, 0.1) is 5.92 Å². The van der Waals surface area contributed by atoms with Gasteiger partial charge >= 0.3 is 0 Å². The lowest BCUT2D eigenvalue weighted by Crippen LogP contribution is -2.48. The number of nitrogens with one attached hydrogen (secondary N) is 1. The van der Waals surface area contributed by atoms with Crippen molar-refractivity contribution in [3.63, 3.8) is 0 Å². The van der Waals surface area contributed by atoms with E-state index in [-0.39, 0.29) is 11.8 Å². The summed E-state index contributed by atoms with van der Waals surface area (Å²) in [6.07, 6.45) is 0.557. The van der Waals surface area contributed by atoms with E-state index in [1.165, 1.54) is 0 Å². The summed E-state index contributed by atoms with van der Waals surface area (Å²) in [5, 5.41) is 2.94. The van der Waals surface area contributed by atoms with E-state index in [0.717, 1.165) is 37.6 Å². The van der Waals surface area contributed by atoms with Crippen molar-refractivity contribution in [2.24, 2.45) is 5.92 Å². The van der Waals surface area contributed by atoms with Gasteiger partial charge in [-0.1, -0.05) is 26.8 Å². The highest BCUT2D eigenvalue weighted by atomic mass is 16.5. The first-order valence-electron chi connectivity index (χ1n) is 10.6. The number of carbonyl (C=O) groups is 2. The number of piperazine rings is 1. The van der Waals surface area contributed by atoms with Crippen LogP contribution in [0.25, 0.3) is 0 Å². The van der Waals surface area contributed by atoms with Crippen molar-refractivity contribution >= 4 is 23.2 Å². The summed E-state index contributed by atoms with van der Waals surface area (Å²) in [6.45, 7) is 9.84. The predicted molar refractivity (Wildman–Crippen MR) is 120 cm³/mol. The Bertz CT molecular complexity index is 856. The molecule has 160 valence electrons. The van der Waals surface area contributed by atoms with Gasteiger partial charge in [0.15, 0.2) is 0 Å². The summed E-state index contributed by atoms with van der Waals surface area (Å²) >= 11 is 0. The average Bonchev–Trinajstić information content (AvgIpc) is 2.78. The number of hydrogen-bond donors (Lipinski definition) is 1. The van der Waals surface area contributed by atoms with E-state index in [9.17, 15) is 9.59 Å². The van der Waals surface area contributed by atoms with E-state index < -0.39 is 0 Å². The number of ether oxygens (including phenoxy) is 1. The molecule has 1 aliphatic heterocycles. The van der Waals surface area contributed by atoms with E-state index in [0.29, 0.717) is 30.3 Å². The van der Waals surface area contributed by atoms with Crippen LogP contribution in [0.5, 0.6) is 5.75 Å². The molecule has 0 atom stereocenters. The van der Waals surface area contributed by atoms with E-state index in [1.807, 2.05) is 48.2 Å². The molecule has 6 nitrogen and oxygen atoms in total. The van der Waals surface area contributed by atoms with Crippen molar-refractivity contribution < 1.29 is 14.3 Å². The van der Waals surface area contributed by atoms with Gasteiger partial charge in [0.25, 0.3) is 5.91 Å². The van der Waals surface area contributed by atoms with Crippen LogP contribution in [0.3, 0.4) is 0 Å². The minimum absolute atomic E-state index is 0.163. The first kappa shape index (κ1) is 21.7. The predicted octanol–water partition coefficient (Wildman–Crippen LogP) is 4.03. The third-order valence-corrected chi connectivity index (χ3v) is 5.10. The molecule has 2 aromatic rings. The summed E-state index contributed by atoms with van der Waals surface area (Å²) in [7, 11) is 0. The average molecular weight is 410 g/mol. The molecule has 2 aromatic carbocycles. The molecule has 0 spiro atoms. The van der Waals surface area contributed by atoms with Crippen LogP contribution >= 0.6 is 0 Å². The summed E-state index contributed by atoms with van der Waals surface area (Å²) in [6, 6.07) is 15.1. The van der Waals surface area contributed by atoms with Gasteiger partial charge in [0, 0.05) is 49.5 Å². The molecule has 1 fully saturated rings. The zero-order chi connectivity index (χ0) is 21.5. The molecule has 6 heteroatoms. The number of anilines is 2. The van der Waals surface area contributed by atoms with Crippen molar-refractivity contribution in [1.82, 2.24) is 4.90 Å². The Morgan fingerprint density at radius 1 is 1.03 bits per heavy atom. The van der Waals surface area contributed by atoms with Crippen LogP contribution in [0.1, 0.15) is 37.6 Å². The smallest absolute Gasteiger partial charge is 0.255 e. The third-order valence-electron chi connectivity index (χ3n) is 5.10. The van der Waals surface area contributed by atoms with Gasteiger partial charge in [-0.3, -0.25) is 9.59 Å². The van der Waals surface area contributed by atoms with Crippen LogP contribution in [0.4, 0.5) is 11.4 Å². The summed E-state index contributed by atoms with van der Waals surface area (Å²) in [4.78, 5) is 28.6. The number of carbonyl (C=O) groups excluding carboxylic acids is 2. The zero-order valence-corrected chi connectivity index (χ0v) is 18.1. The van der Waals surface area contributed by atoms with Crippen molar-refractivity contribution in [2.45, 2.75) is 27.2 Å². The first-order valence-corrected chi connectivity index (χ1v) is 10.6. The number of benzene rings is 2. The maximum Gasteiger partial charge on any atom is 0.255 e. The zero-order valence-electron chi connectivity index (χ0n) is 18.1. The van der Waals surface area contributed by atoms with Crippen LogP contribution in [0.2, 0.25) is 0 Å². The summed E-state index contributed by atoms with van der Waals surface area (Å²) in [5.41, 5.74) is 2.41. The fourth-order valence-electron chi connectivity index (χ4n) is 3.39. The van der Waals surface area contributed by atoms with Crippen molar-refractivity contribution in [3.05, 3.63) is 54.1 Å². The molecule has 30 heavy (non-hydrogen) atoms. The van der Waals surface area contributed by atoms with E-state index in [2.05, 4.69) is 24.1 Å². The monoisotopic (exact) mass is 409 g/mol. The lowest BCUT2D eigenvalue weighted by Gasteiger charge is -2.36. The quantitative estimate of drug-likeness (QED) is 0.750. The number of nitrogens with zero attached hydrogens (tertiary/aromatic N) is 2. The van der Waals surface area contributed by atoms with Crippen LogP contribution in [-0.2, 0) is 4.79 Å². The van der Waals surface area contributed by atoms with Gasteiger partial charge in [-0.15, -0.1) is 0 Å². The molecule has 3 rings (SSSR count). The van der Waals surface area contributed by atoms with Gasteiger partial charge in [-0.2, -0.15) is 0 Å². The second-order valence-corrected chi connectivity index (χ2v) is 7.96. The van der Waals surface area contributed by atoms with Gasteiger partial charge in [-0.05, 0) is 48.4 Å². The first-order chi connectivity index (χ1) is 14.5. The van der Waals surface area contributed by atoms with E-state index in [4.69, 9.17) is 4.74 Å². The van der Waals surface area contributed by atoms with Crippen LogP contribution in [0.15, 0.2) is 48.5 Å². The van der Waals surface area contributed by atoms with Gasteiger partial charge in [0.05, 0.1) is 6.61 Å². The lowest BCUT2D eigenvalue weighted by atomic mass is 10.2. The Hall–Kier alpha value is -3.02. The SMILES string of the molecule is CCC(=O)N1CCN(c2ccc(NC(=O)c3cccc(OCC(C)C)c3)cc2)CC1. The Morgan fingerprint density at radius 2 is 1.73 bits per heavy atom. The molecule has 1 aliphatic rings. The Balaban J connectivity index is 1.56. The number of rotatable bonds is 7. The highest BCUT2D eigenvalue weighted by Gasteiger charge is 2.20. The maximum atomic E-state index is 12.6. The number of amides is 2. The molecule has 0 radical (unpaired) electrons. The second-order valence-electron chi connectivity index (χ2n) is 7.96. The van der Waals surface area contributed by atoms with Gasteiger partial charge in [0.2, 0.25) is 5.91 Å². The normalized spacial score (nSPS) is 14.0. The highest BCUT2D eigenvalue weighted by molar-refractivity contribution is 6.04. The molecule has 0 aliphatic carbocycles. The minimum Gasteiger partial charge on any atom is -0.493 e. The van der Waals surface area contributed by atoms with Gasteiger partial charge < -0.3 is 19.9 Å². The molecule has 0 saturated carbocycles. The fourth-order valence-corrected chi connectivity index (χ4v) is 3.39. The van der Waals surface area contributed by atoms with Crippen molar-refractivity contribution in [2.75, 3.05) is 43.0 Å². The topological polar surface area (TPSA) is 61.9 Å². The second kappa shape index (κ2) is 10.1. The Kier molecular flexibility index (Phi) is 7.33. The standard InChI is InChI=1S/C24H31N3O3/c1-4-23(28)27-14-12-26(13-15-27)21-10-8-20(9-11-21)25-24(29)19-6-5-7-22(16-19)30-17-18(2)3/h5-11,16,18H,4,12-15,17H2,1-3H3,(H,25,29). The van der Waals surface area contributed by atoms with E-state index in [1.54, 1.807) is 12.1 Å². The highest BCUT2D eigenvalue weighted by Crippen LogP contribution is 2.21. The molecule has 1 N–H and O–H groups in total. The molecule has 0 unspecified atom stereocenters. The molecular weight excluding hydrogens is 378 g/mol. The molecule has 0 bridgehead atoms. The molecule has 2 amide bonds. The largest absolute Gasteiger partial charge is 0.493 e. The van der Waals surface area contributed by atoms with E-state index >= 15 is 0 Å². The van der Waals surface area contributed by atoms with Crippen molar-refractivity contribution in [1.29, 1.82) is 0 Å². The molecule has 1 saturated heterocycles.